The third-order valence-electron chi connectivity index (χ3n) is 5.30. The highest BCUT2D eigenvalue weighted by Gasteiger charge is 2.47. The first-order valence-corrected chi connectivity index (χ1v) is 8.38. The first kappa shape index (κ1) is 20.3. The summed E-state index contributed by atoms with van der Waals surface area (Å²) in [6, 6.07) is 10.2. The van der Waals surface area contributed by atoms with E-state index in [9.17, 15) is 4.79 Å². The van der Waals surface area contributed by atoms with Gasteiger partial charge in [-0.05, 0) is 45.1 Å². The summed E-state index contributed by atoms with van der Waals surface area (Å²) in [5.74, 6) is 2.20. The van der Waals surface area contributed by atoms with Gasteiger partial charge >= 0.3 is 5.97 Å². The van der Waals surface area contributed by atoms with Crippen LogP contribution in [-0.2, 0) is 9.53 Å². The van der Waals surface area contributed by atoms with E-state index in [0.717, 1.165) is 6.42 Å². The number of hydrogen-bond donors (Lipinski definition) is 1. The van der Waals surface area contributed by atoms with E-state index in [2.05, 4.69) is 31.9 Å². The van der Waals surface area contributed by atoms with Crippen molar-refractivity contribution in [3.63, 3.8) is 0 Å². The second-order valence-electron chi connectivity index (χ2n) is 8.28. The molecular weight excluding hydrogens is 298 g/mol. The Balaban J connectivity index is 3.12. The van der Waals surface area contributed by atoms with E-state index < -0.39 is 11.0 Å². The molecular formula is C21H31NO2. The van der Waals surface area contributed by atoms with Crippen LogP contribution in [0.3, 0.4) is 0 Å². The number of rotatable bonds is 7. The Morgan fingerprint density at radius 1 is 1.17 bits per heavy atom. The van der Waals surface area contributed by atoms with Crippen molar-refractivity contribution in [2.75, 3.05) is 6.61 Å². The topological polar surface area (TPSA) is 52.3 Å². The van der Waals surface area contributed by atoms with Gasteiger partial charge in [0.2, 0.25) is 0 Å². The molecule has 24 heavy (non-hydrogen) atoms. The zero-order chi connectivity index (χ0) is 18.6. The standard InChI is InChI=1S/C21H31NO2/c1-8-14-24-18(23)20(4,5)19(2,3)15-17(21(6,7)22)16-12-10-9-11-13-16/h1,9-13,17H,14-15,22H2,2-7H3. The maximum absolute atomic E-state index is 12.5. The van der Waals surface area contributed by atoms with Gasteiger partial charge in [0.15, 0.2) is 6.61 Å². The molecule has 0 fully saturated rings. The minimum Gasteiger partial charge on any atom is -0.452 e. The van der Waals surface area contributed by atoms with Crippen molar-refractivity contribution < 1.29 is 9.53 Å². The lowest BCUT2D eigenvalue weighted by Gasteiger charge is -2.44. The molecule has 0 aliphatic carbocycles. The van der Waals surface area contributed by atoms with Gasteiger partial charge in [0.05, 0.1) is 5.41 Å². The van der Waals surface area contributed by atoms with Gasteiger partial charge in [0, 0.05) is 11.5 Å². The van der Waals surface area contributed by atoms with Gasteiger partial charge in [-0.1, -0.05) is 50.1 Å². The average molecular weight is 329 g/mol. The minimum atomic E-state index is -0.678. The van der Waals surface area contributed by atoms with Crippen molar-refractivity contribution in [1.29, 1.82) is 0 Å². The van der Waals surface area contributed by atoms with Gasteiger partial charge < -0.3 is 10.5 Å². The van der Waals surface area contributed by atoms with Crippen molar-refractivity contribution in [1.82, 2.24) is 0 Å². The van der Waals surface area contributed by atoms with Crippen LogP contribution in [0.15, 0.2) is 30.3 Å². The average Bonchev–Trinajstić information content (AvgIpc) is 2.49. The molecule has 0 radical (unpaired) electrons. The molecule has 2 N–H and O–H groups in total. The van der Waals surface area contributed by atoms with Crippen LogP contribution >= 0.6 is 0 Å². The van der Waals surface area contributed by atoms with Crippen molar-refractivity contribution in [3.8, 4) is 12.3 Å². The van der Waals surface area contributed by atoms with Crippen LogP contribution in [-0.4, -0.2) is 18.1 Å². The number of hydrogen-bond acceptors (Lipinski definition) is 3. The molecule has 1 unspecified atom stereocenters. The third kappa shape index (κ3) is 4.61. The third-order valence-corrected chi connectivity index (χ3v) is 5.30. The summed E-state index contributed by atoms with van der Waals surface area (Å²) in [4.78, 5) is 12.5. The van der Waals surface area contributed by atoms with Crippen LogP contribution in [0.1, 0.15) is 59.4 Å². The molecule has 1 aromatic carbocycles. The molecule has 132 valence electrons. The van der Waals surface area contributed by atoms with E-state index >= 15 is 0 Å². The van der Waals surface area contributed by atoms with Crippen LogP contribution < -0.4 is 5.73 Å². The fraction of sp³-hybridized carbons (Fsp3) is 0.571. The molecule has 0 amide bonds. The maximum Gasteiger partial charge on any atom is 0.313 e. The van der Waals surface area contributed by atoms with Crippen LogP contribution in [0.2, 0.25) is 0 Å². The van der Waals surface area contributed by atoms with Gasteiger partial charge in [-0.25, -0.2) is 0 Å². The Morgan fingerprint density at radius 3 is 2.17 bits per heavy atom. The van der Waals surface area contributed by atoms with Crippen LogP contribution in [0.5, 0.6) is 0 Å². The molecule has 1 rings (SSSR count). The molecule has 0 saturated heterocycles. The zero-order valence-electron chi connectivity index (χ0n) is 15.8. The van der Waals surface area contributed by atoms with E-state index in [1.807, 2.05) is 45.9 Å². The predicted molar refractivity (Wildman–Crippen MR) is 99.4 cm³/mol. The fourth-order valence-electron chi connectivity index (χ4n) is 2.83. The Hall–Kier alpha value is -1.79. The lowest BCUT2D eigenvalue weighted by molar-refractivity contribution is -0.160. The predicted octanol–water partition coefficient (Wildman–Crippen LogP) is 4.13. The number of benzene rings is 1. The van der Waals surface area contributed by atoms with Gasteiger partial charge in [0.1, 0.15) is 0 Å². The van der Waals surface area contributed by atoms with Gasteiger partial charge in [-0.2, -0.15) is 0 Å². The van der Waals surface area contributed by atoms with Crippen LogP contribution in [0, 0.1) is 23.2 Å². The van der Waals surface area contributed by atoms with Crippen molar-refractivity contribution >= 4 is 5.97 Å². The van der Waals surface area contributed by atoms with E-state index in [-0.39, 0.29) is 23.9 Å². The van der Waals surface area contributed by atoms with E-state index in [1.165, 1.54) is 5.56 Å². The first-order valence-electron chi connectivity index (χ1n) is 8.38. The van der Waals surface area contributed by atoms with E-state index in [1.54, 1.807) is 0 Å². The maximum atomic E-state index is 12.5. The Kier molecular flexibility index (Phi) is 6.25. The van der Waals surface area contributed by atoms with Gasteiger partial charge in [-0.3, -0.25) is 4.79 Å². The van der Waals surface area contributed by atoms with E-state index in [4.69, 9.17) is 16.9 Å². The van der Waals surface area contributed by atoms with Gasteiger partial charge in [0.25, 0.3) is 0 Å². The molecule has 0 aromatic heterocycles. The Labute approximate surface area is 147 Å². The molecule has 0 aliphatic rings. The summed E-state index contributed by atoms with van der Waals surface area (Å²) in [6.45, 7) is 12.1. The number of carbonyl (C=O) groups excluding carboxylic acids is 1. The summed E-state index contributed by atoms with van der Waals surface area (Å²) in [5.41, 5.74) is 6.25. The van der Waals surface area contributed by atoms with Crippen molar-refractivity contribution in [2.45, 2.75) is 59.4 Å². The van der Waals surface area contributed by atoms with Crippen molar-refractivity contribution in [2.24, 2.45) is 16.6 Å². The molecule has 0 bridgehead atoms. The first-order chi connectivity index (χ1) is 10.9. The highest BCUT2D eigenvalue weighted by molar-refractivity contribution is 5.77. The smallest absolute Gasteiger partial charge is 0.313 e. The minimum absolute atomic E-state index is 0.00282. The molecule has 3 heteroatoms. The second-order valence-corrected chi connectivity index (χ2v) is 8.28. The zero-order valence-corrected chi connectivity index (χ0v) is 15.8. The SMILES string of the molecule is C#CCOC(=O)C(C)(C)C(C)(C)CC(c1ccccc1)C(C)(C)N. The quantitative estimate of drug-likeness (QED) is 0.604. The van der Waals surface area contributed by atoms with E-state index in [0.29, 0.717) is 0 Å². The number of carbonyl (C=O) groups is 1. The Bertz CT molecular complexity index is 589. The molecule has 3 nitrogen and oxygen atoms in total. The molecule has 1 atom stereocenters. The fourth-order valence-corrected chi connectivity index (χ4v) is 2.83. The molecule has 0 spiro atoms. The highest BCUT2D eigenvalue weighted by Crippen LogP contribution is 2.48. The largest absolute Gasteiger partial charge is 0.452 e. The molecule has 0 heterocycles. The normalized spacial score (nSPS) is 13.9. The lowest BCUT2D eigenvalue weighted by Crippen LogP contribution is -2.46. The molecule has 0 aliphatic heterocycles. The molecule has 0 saturated carbocycles. The monoisotopic (exact) mass is 329 g/mol. The lowest BCUT2D eigenvalue weighted by atomic mass is 9.61. The van der Waals surface area contributed by atoms with Crippen LogP contribution in [0.25, 0.3) is 0 Å². The van der Waals surface area contributed by atoms with Crippen molar-refractivity contribution in [3.05, 3.63) is 35.9 Å². The number of ether oxygens (including phenoxy) is 1. The summed E-state index contributed by atoms with van der Waals surface area (Å²) >= 11 is 0. The number of terminal acetylenes is 1. The number of nitrogens with two attached hydrogens (primary N) is 1. The highest BCUT2D eigenvalue weighted by atomic mass is 16.5. The van der Waals surface area contributed by atoms with Crippen LogP contribution in [0.4, 0.5) is 0 Å². The summed E-state index contributed by atoms with van der Waals surface area (Å²) < 4.78 is 5.21. The second kappa shape index (κ2) is 7.40. The summed E-state index contributed by atoms with van der Waals surface area (Å²) in [7, 11) is 0. The summed E-state index contributed by atoms with van der Waals surface area (Å²) in [5, 5.41) is 0. The molecule has 1 aromatic rings. The number of esters is 1. The summed E-state index contributed by atoms with van der Waals surface area (Å²) in [6.07, 6.45) is 5.96. The Morgan fingerprint density at radius 2 is 1.71 bits per heavy atom. The van der Waals surface area contributed by atoms with Gasteiger partial charge in [-0.15, -0.1) is 6.42 Å².